The highest BCUT2D eigenvalue weighted by Gasteiger charge is 2.32. The van der Waals surface area contributed by atoms with E-state index in [4.69, 9.17) is 0 Å². The van der Waals surface area contributed by atoms with Crippen molar-refractivity contribution < 1.29 is 17.6 Å². The van der Waals surface area contributed by atoms with Crippen molar-refractivity contribution in [2.45, 2.75) is 50.0 Å². The van der Waals surface area contributed by atoms with Crippen LogP contribution in [0.1, 0.15) is 48.5 Å². The van der Waals surface area contributed by atoms with Crippen LogP contribution in [0.15, 0.2) is 47.4 Å². The first-order valence-corrected chi connectivity index (χ1v) is 11.5. The van der Waals surface area contributed by atoms with E-state index < -0.39 is 10.0 Å². The van der Waals surface area contributed by atoms with E-state index in [1.807, 2.05) is 6.92 Å². The first-order chi connectivity index (χ1) is 13.9. The van der Waals surface area contributed by atoms with E-state index in [9.17, 15) is 17.6 Å². The van der Waals surface area contributed by atoms with Crippen LogP contribution in [0.4, 0.5) is 10.1 Å². The average Bonchev–Trinajstić information content (AvgIpc) is 2.73. The predicted octanol–water partition coefficient (Wildman–Crippen LogP) is 3.98. The number of amides is 1. The largest absolute Gasteiger partial charge is 0.308 e. The summed E-state index contributed by atoms with van der Waals surface area (Å²) in [5.41, 5.74) is 1.80. The van der Waals surface area contributed by atoms with Gasteiger partial charge in [0.1, 0.15) is 5.82 Å². The van der Waals surface area contributed by atoms with Crippen molar-refractivity contribution >= 4 is 21.6 Å². The van der Waals surface area contributed by atoms with Crippen LogP contribution in [0, 0.1) is 5.82 Å². The van der Waals surface area contributed by atoms with E-state index in [0.717, 1.165) is 37.7 Å². The Morgan fingerprint density at radius 1 is 1.07 bits per heavy atom. The van der Waals surface area contributed by atoms with Gasteiger partial charge in [-0.1, -0.05) is 18.6 Å². The lowest BCUT2D eigenvalue weighted by Gasteiger charge is -2.32. The van der Waals surface area contributed by atoms with Gasteiger partial charge < -0.3 is 4.90 Å². The molecule has 2 aliphatic rings. The number of anilines is 1. The zero-order chi connectivity index (χ0) is 20.6. The Morgan fingerprint density at radius 2 is 1.90 bits per heavy atom. The van der Waals surface area contributed by atoms with Gasteiger partial charge in [0.05, 0.1) is 10.6 Å². The summed E-state index contributed by atoms with van der Waals surface area (Å²) in [5.74, 6) is -0.695. The number of aryl methyl sites for hydroxylation is 1. The molecular weight excluding hydrogens is 391 g/mol. The molecule has 0 N–H and O–H groups in total. The summed E-state index contributed by atoms with van der Waals surface area (Å²) in [4.78, 5) is 14.9. The fourth-order valence-electron chi connectivity index (χ4n) is 4.27. The second-order valence-electron chi connectivity index (χ2n) is 7.82. The molecule has 2 heterocycles. The van der Waals surface area contributed by atoms with Gasteiger partial charge in [0.25, 0.3) is 5.91 Å². The molecule has 2 aromatic carbocycles. The zero-order valence-corrected chi connectivity index (χ0v) is 17.3. The van der Waals surface area contributed by atoms with Crippen LogP contribution in [0.5, 0.6) is 0 Å². The summed E-state index contributed by atoms with van der Waals surface area (Å²) in [6, 6.07) is 10.7. The van der Waals surface area contributed by atoms with E-state index in [1.165, 1.54) is 28.6 Å². The first kappa shape index (κ1) is 20.0. The number of piperidine rings is 1. The quantitative estimate of drug-likeness (QED) is 0.760. The number of rotatable bonds is 3. The summed E-state index contributed by atoms with van der Waals surface area (Å²) in [6.07, 6.45) is 4.29. The van der Waals surface area contributed by atoms with Crippen LogP contribution in [-0.2, 0) is 16.4 Å². The highest BCUT2D eigenvalue weighted by atomic mass is 32.2. The van der Waals surface area contributed by atoms with Crippen molar-refractivity contribution in [1.82, 2.24) is 4.31 Å². The second kappa shape index (κ2) is 7.88. The number of sulfonamides is 1. The molecule has 0 saturated carbocycles. The number of carbonyl (C=O) groups is 1. The van der Waals surface area contributed by atoms with Gasteiger partial charge in [-0.2, -0.15) is 4.31 Å². The zero-order valence-electron chi connectivity index (χ0n) is 16.5. The first-order valence-electron chi connectivity index (χ1n) is 10.1. The van der Waals surface area contributed by atoms with E-state index >= 15 is 0 Å². The van der Waals surface area contributed by atoms with Gasteiger partial charge in [-0.25, -0.2) is 12.8 Å². The molecule has 1 saturated heterocycles. The average molecular weight is 417 g/mol. The molecule has 4 rings (SSSR count). The number of fused-ring (bicyclic) bond motifs is 1. The summed E-state index contributed by atoms with van der Waals surface area (Å²) in [5, 5.41) is 0. The topological polar surface area (TPSA) is 57.7 Å². The fourth-order valence-corrected chi connectivity index (χ4v) is 6.01. The summed E-state index contributed by atoms with van der Waals surface area (Å²) in [6.45, 7) is 2.90. The molecule has 0 aromatic heterocycles. The molecule has 1 atom stereocenters. The standard InChI is InChI=1S/C22H25FN2O3S/c1-16-6-2-3-13-25(16)29(27,28)20-9-4-7-18(14-20)22(26)24-12-5-8-17-10-11-19(23)15-21(17)24/h4,7,9-11,14-16H,2-3,5-6,8,12-13H2,1H3. The van der Waals surface area contributed by atoms with Crippen molar-refractivity contribution in [3.05, 3.63) is 59.4 Å². The van der Waals surface area contributed by atoms with E-state index in [0.29, 0.717) is 24.3 Å². The molecule has 1 amide bonds. The molecule has 154 valence electrons. The number of nitrogens with zero attached hydrogens (tertiary/aromatic N) is 2. The molecule has 2 aromatic rings. The smallest absolute Gasteiger partial charge is 0.258 e. The molecule has 7 heteroatoms. The number of hydrogen-bond donors (Lipinski definition) is 0. The third-order valence-electron chi connectivity index (χ3n) is 5.84. The van der Waals surface area contributed by atoms with E-state index in [1.54, 1.807) is 23.1 Å². The Morgan fingerprint density at radius 3 is 2.69 bits per heavy atom. The summed E-state index contributed by atoms with van der Waals surface area (Å²) < 4.78 is 41.6. The van der Waals surface area contributed by atoms with Gasteiger partial charge in [0.15, 0.2) is 0 Å². The van der Waals surface area contributed by atoms with Gasteiger partial charge in [0.2, 0.25) is 10.0 Å². The number of halogens is 1. The molecule has 0 spiro atoms. The number of benzene rings is 2. The predicted molar refractivity (Wildman–Crippen MR) is 110 cm³/mol. The lowest BCUT2D eigenvalue weighted by atomic mass is 10.0. The summed E-state index contributed by atoms with van der Waals surface area (Å²) in [7, 11) is -3.66. The molecule has 1 unspecified atom stereocenters. The molecule has 29 heavy (non-hydrogen) atoms. The van der Waals surface area contributed by atoms with E-state index in [-0.39, 0.29) is 22.7 Å². The molecule has 0 aliphatic carbocycles. The maximum absolute atomic E-state index is 13.8. The fraction of sp³-hybridized carbons (Fsp3) is 0.409. The molecular formula is C22H25FN2O3S. The van der Waals surface area contributed by atoms with Gasteiger partial charge in [-0.05, 0) is 68.5 Å². The van der Waals surface area contributed by atoms with Gasteiger partial charge in [-0.3, -0.25) is 4.79 Å². The molecule has 1 fully saturated rings. The Bertz CT molecular complexity index is 1040. The van der Waals surface area contributed by atoms with Crippen LogP contribution in [0.2, 0.25) is 0 Å². The molecule has 2 aliphatic heterocycles. The minimum atomic E-state index is -3.66. The van der Waals surface area contributed by atoms with Gasteiger partial charge in [0, 0.05) is 24.7 Å². The highest BCUT2D eigenvalue weighted by Crippen LogP contribution is 2.30. The van der Waals surface area contributed by atoms with Crippen molar-refractivity contribution in [3.63, 3.8) is 0 Å². The maximum atomic E-state index is 13.8. The van der Waals surface area contributed by atoms with Crippen molar-refractivity contribution in [1.29, 1.82) is 0 Å². The lowest BCUT2D eigenvalue weighted by Crippen LogP contribution is -2.42. The van der Waals surface area contributed by atoms with Crippen molar-refractivity contribution in [3.8, 4) is 0 Å². The van der Waals surface area contributed by atoms with Crippen LogP contribution in [0.25, 0.3) is 0 Å². The Balaban J connectivity index is 1.66. The lowest BCUT2D eigenvalue weighted by molar-refractivity contribution is 0.0985. The monoisotopic (exact) mass is 416 g/mol. The van der Waals surface area contributed by atoms with Gasteiger partial charge in [-0.15, -0.1) is 0 Å². The molecule has 5 nitrogen and oxygen atoms in total. The number of hydrogen-bond acceptors (Lipinski definition) is 3. The molecule has 0 radical (unpaired) electrons. The molecule has 0 bridgehead atoms. The van der Waals surface area contributed by atoms with Gasteiger partial charge >= 0.3 is 0 Å². The van der Waals surface area contributed by atoms with Crippen LogP contribution >= 0.6 is 0 Å². The Labute approximate surface area is 171 Å². The second-order valence-corrected chi connectivity index (χ2v) is 9.71. The Hall–Kier alpha value is -2.25. The van der Waals surface area contributed by atoms with Crippen molar-refractivity contribution in [2.24, 2.45) is 0 Å². The third kappa shape index (κ3) is 3.81. The number of carbonyl (C=O) groups excluding carboxylic acids is 1. The van der Waals surface area contributed by atoms with Crippen LogP contribution < -0.4 is 4.90 Å². The SMILES string of the molecule is CC1CCCCN1S(=O)(=O)c1cccc(C(=O)N2CCCc3ccc(F)cc32)c1. The minimum Gasteiger partial charge on any atom is -0.308 e. The minimum absolute atomic E-state index is 0.0509. The third-order valence-corrected chi connectivity index (χ3v) is 7.85. The van der Waals surface area contributed by atoms with E-state index in [2.05, 4.69) is 0 Å². The van der Waals surface area contributed by atoms with Crippen LogP contribution in [0.3, 0.4) is 0 Å². The highest BCUT2D eigenvalue weighted by molar-refractivity contribution is 7.89. The maximum Gasteiger partial charge on any atom is 0.258 e. The van der Waals surface area contributed by atoms with Crippen LogP contribution in [-0.4, -0.2) is 37.8 Å². The summed E-state index contributed by atoms with van der Waals surface area (Å²) >= 11 is 0. The van der Waals surface area contributed by atoms with Crippen molar-refractivity contribution in [2.75, 3.05) is 18.0 Å². The normalized spacial score (nSPS) is 20.3. The Kier molecular flexibility index (Phi) is 5.44.